The third-order valence-corrected chi connectivity index (χ3v) is 5.14. The Hall–Kier alpha value is -4.07. The number of non-ortho nitro benzene ring substituents is 1. The first-order valence-corrected chi connectivity index (χ1v) is 9.54. The number of rotatable bonds is 7. The molecule has 0 radical (unpaired) electrons. The minimum absolute atomic E-state index is 0.0939. The van der Waals surface area contributed by atoms with E-state index in [2.05, 4.69) is 0 Å². The van der Waals surface area contributed by atoms with Gasteiger partial charge in [0.1, 0.15) is 23.3 Å². The predicted octanol–water partition coefficient (Wildman–Crippen LogP) is 4.15. The number of para-hydroxylation sites is 1. The van der Waals surface area contributed by atoms with E-state index in [1.165, 1.54) is 17.0 Å². The van der Waals surface area contributed by atoms with Crippen LogP contribution in [0.25, 0.3) is 0 Å². The lowest BCUT2D eigenvalue weighted by atomic mass is 9.89. The minimum atomic E-state index is -0.816. The number of nitro groups is 1. The zero-order chi connectivity index (χ0) is 22.0. The fourth-order valence-electron chi connectivity index (χ4n) is 3.64. The summed E-state index contributed by atoms with van der Waals surface area (Å²) in [6.07, 6.45) is -0.816. The number of nitro benzene ring substituents is 1. The van der Waals surface area contributed by atoms with Crippen LogP contribution in [0.3, 0.4) is 0 Å². The fourth-order valence-corrected chi connectivity index (χ4v) is 3.64. The van der Waals surface area contributed by atoms with Crippen LogP contribution >= 0.6 is 0 Å². The molecule has 158 valence electrons. The Morgan fingerprint density at radius 3 is 2.29 bits per heavy atom. The molecule has 0 saturated carbocycles. The first-order chi connectivity index (χ1) is 15.0. The number of carbonyl (C=O) groups is 1. The van der Waals surface area contributed by atoms with Crippen molar-refractivity contribution in [1.29, 1.82) is 0 Å². The second kappa shape index (κ2) is 8.35. The van der Waals surface area contributed by atoms with E-state index >= 15 is 0 Å². The van der Waals surface area contributed by atoms with Gasteiger partial charge in [-0.25, -0.2) is 0 Å². The van der Waals surface area contributed by atoms with Gasteiger partial charge in [-0.15, -0.1) is 0 Å². The molecule has 1 fully saturated rings. The molecular weight excluding hydrogens is 400 g/mol. The number of hydrogen-bond acceptors (Lipinski definition) is 6. The van der Waals surface area contributed by atoms with E-state index in [1.54, 1.807) is 56.7 Å². The van der Waals surface area contributed by atoms with Gasteiger partial charge in [-0.05, 0) is 36.4 Å². The molecule has 8 heteroatoms. The van der Waals surface area contributed by atoms with Crippen molar-refractivity contribution in [2.45, 2.75) is 12.1 Å². The molecule has 1 saturated heterocycles. The summed E-state index contributed by atoms with van der Waals surface area (Å²) in [6.45, 7) is 0. The Labute approximate surface area is 178 Å². The van der Waals surface area contributed by atoms with Crippen LogP contribution in [0.1, 0.15) is 11.6 Å². The summed E-state index contributed by atoms with van der Waals surface area (Å²) in [5, 5.41) is 11.2. The van der Waals surface area contributed by atoms with E-state index in [0.29, 0.717) is 22.9 Å². The average molecular weight is 420 g/mol. The molecule has 2 atom stereocenters. The Morgan fingerprint density at radius 2 is 1.61 bits per heavy atom. The lowest BCUT2D eigenvalue weighted by molar-refractivity contribution is -0.384. The van der Waals surface area contributed by atoms with E-state index in [4.69, 9.17) is 14.2 Å². The van der Waals surface area contributed by atoms with Crippen molar-refractivity contribution in [3.05, 3.63) is 88.5 Å². The lowest BCUT2D eigenvalue weighted by Gasteiger charge is -2.46. The molecule has 3 aromatic carbocycles. The second-order valence-corrected chi connectivity index (χ2v) is 6.89. The maximum absolute atomic E-state index is 13.1. The van der Waals surface area contributed by atoms with Crippen molar-refractivity contribution in [2.75, 3.05) is 19.1 Å². The highest BCUT2D eigenvalue weighted by molar-refractivity contribution is 6.05. The molecular formula is C23H20N2O6. The number of ether oxygens (including phenoxy) is 3. The zero-order valence-corrected chi connectivity index (χ0v) is 16.9. The van der Waals surface area contributed by atoms with Crippen LogP contribution < -0.4 is 19.1 Å². The van der Waals surface area contributed by atoms with Crippen LogP contribution in [0.4, 0.5) is 11.4 Å². The molecule has 1 aliphatic rings. The van der Waals surface area contributed by atoms with Crippen LogP contribution in [0.2, 0.25) is 0 Å². The number of nitrogens with zero attached hydrogens (tertiary/aromatic N) is 2. The van der Waals surface area contributed by atoms with Gasteiger partial charge < -0.3 is 14.2 Å². The highest BCUT2D eigenvalue weighted by atomic mass is 16.6. The number of methoxy groups -OCH3 is 2. The Kier molecular flexibility index (Phi) is 5.44. The van der Waals surface area contributed by atoms with Gasteiger partial charge in [-0.1, -0.05) is 24.3 Å². The number of carbonyl (C=O) groups excluding carboxylic acids is 1. The van der Waals surface area contributed by atoms with E-state index in [9.17, 15) is 14.9 Å². The Morgan fingerprint density at radius 1 is 0.903 bits per heavy atom. The lowest BCUT2D eigenvalue weighted by Crippen LogP contribution is -2.61. The number of benzene rings is 3. The minimum Gasteiger partial charge on any atom is -0.497 e. The van der Waals surface area contributed by atoms with Gasteiger partial charge in [0.15, 0.2) is 0 Å². The van der Waals surface area contributed by atoms with Gasteiger partial charge in [0.05, 0.1) is 24.8 Å². The summed E-state index contributed by atoms with van der Waals surface area (Å²) < 4.78 is 16.7. The fraction of sp³-hybridized carbons (Fsp3) is 0.174. The van der Waals surface area contributed by atoms with Gasteiger partial charge in [0.25, 0.3) is 11.6 Å². The maximum atomic E-state index is 13.1. The first kappa shape index (κ1) is 20.2. The highest BCUT2D eigenvalue weighted by Gasteiger charge is 2.52. The summed E-state index contributed by atoms with van der Waals surface area (Å²) in [5.41, 5.74) is 1.07. The zero-order valence-electron chi connectivity index (χ0n) is 16.9. The average Bonchev–Trinajstić information content (AvgIpc) is 2.81. The number of anilines is 1. The van der Waals surface area contributed by atoms with E-state index in [-0.39, 0.29) is 11.6 Å². The normalized spacial score (nSPS) is 17.6. The smallest absolute Gasteiger partial charge is 0.271 e. The van der Waals surface area contributed by atoms with Crippen molar-refractivity contribution >= 4 is 17.3 Å². The molecule has 31 heavy (non-hydrogen) atoms. The molecule has 1 aliphatic heterocycles. The quantitative estimate of drug-likeness (QED) is 0.324. The van der Waals surface area contributed by atoms with Crippen LogP contribution in [0, 0.1) is 10.1 Å². The van der Waals surface area contributed by atoms with Gasteiger partial charge in [-0.3, -0.25) is 19.8 Å². The first-order valence-electron chi connectivity index (χ1n) is 9.54. The van der Waals surface area contributed by atoms with Crippen molar-refractivity contribution in [3.8, 4) is 17.2 Å². The molecule has 0 unspecified atom stereocenters. The summed E-state index contributed by atoms with van der Waals surface area (Å²) in [6, 6.07) is 19.7. The molecule has 0 N–H and O–H groups in total. The van der Waals surface area contributed by atoms with Crippen LogP contribution in [-0.4, -0.2) is 31.2 Å². The second-order valence-electron chi connectivity index (χ2n) is 6.89. The monoisotopic (exact) mass is 420 g/mol. The van der Waals surface area contributed by atoms with Gasteiger partial charge in [0.2, 0.25) is 6.10 Å². The molecule has 0 spiro atoms. The van der Waals surface area contributed by atoms with Crippen molar-refractivity contribution in [3.63, 3.8) is 0 Å². The van der Waals surface area contributed by atoms with Crippen molar-refractivity contribution in [1.82, 2.24) is 0 Å². The number of hydrogen-bond donors (Lipinski definition) is 0. The van der Waals surface area contributed by atoms with Crippen LogP contribution in [0.5, 0.6) is 17.2 Å². The molecule has 1 heterocycles. The predicted molar refractivity (Wildman–Crippen MR) is 114 cm³/mol. The summed E-state index contributed by atoms with van der Waals surface area (Å²) >= 11 is 0. The van der Waals surface area contributed by atoms with E-state index < -0.39 is 17.1 Å². The SMILES string of the molecule is COc1ccc(O[C@H]2C(=O)N(c3cccc([N+](=O)[O-])c3)[C@@H]2c2ccccc2OC)cc1. The molecule has 3 aromatic rings. The van der Waals surface area contributed by atoms with Gasteiger partial charge >= 0.3 is 0 Å². The Bertz CT molecular complexity index is 1120. The number of β-lactam (4-membered cyclic amide) rings is 1. The molecule has 0 aromatic heterocycles. The molecule has 0 aliphatic carbocycles. The molecule has 4 rings (SSSR count). The maximum Gasteiger partial charge on any atom is 0.271 e. The number of amides is 1. The largest absolute Gasteiger partial charge is 0.497 e. The molecule has 1 amide bonds. The summed E-state index contributed by atoms with van der Waals surface area (Å²) in [7, 11) is 3.12. The topological polar surface area (TPSA) is 91.1 Å². The van der Waals surface area contributed by atoms with Crippen LogP contribution in [-0.2, 0) is 4.79 Å². The van der Waals surface area contributed by atoms with Crippen LogP contribution in [0.15, 0.2) is 72.8 Å². The van der Waals surface area contributed by atoms with Gasteiger partial charge in [-0.2, -0.15) is 0 Å². The summed E-state index contributed by atoms with van der Waals surface area (Å²) in [4.78, 5) is 25.4. The van der Waals surface area contributed by atoms with E-state index in [1.807, 2.05) is 18.2 Å². The summed E-state index contributed by atoms with van der Waals surface area (Å²) in [5.74, 6) is 1.48. The van der Waals surface area contributed by atoms with E-state index in [0.717, 1.165) is 5.56 Å². The Balaban J connectivity index is 1.72. The van der Waals surface area contributed by atoms with Crippen molar-refractivity contribution in [2.24, 2.45) is 0 Å². The standard InChI is InChI=1S/C23H20N2O6/c1-29-17-10-12-18(13-11-17)31-22-21(19-8-3-4-9-20(19)30-2)24(23(22)26)15-6-5-7-16(14-15)25(27)28/h3-14,21-22H,1-2H3/t21-,22-/m1/s1. The van der Waals surface area contributed by atoms with Gasteiger partial charge in [0, 0.05) is 17.7 Å². The molecule has 0 bridgehead atoms. The third kappa shape index (κ3) is 3.75. The molecule has 8 nitrogen and oxygen atoms in total. The van der Waals surface area contributed by atoms with Crippen molar-refractivity contribution < 1.29 is 23.9 Å². The highest BCUT2D eigenvalue weighted by Crippen LogP contribution is 2.44. The third-order valence-electron chi connectivity index (χ3n) is 5.14.